The molecule has 0 saturated carbocycles. The van der Waals surface area contributed by atoms with E-state index >= 15 is 0 Å². The molecule has 7 heteroatoms. The van der Waals surface area contributed by atoms with Gasteiger partial charge in [-0.25, -0.2) is 4.98 Å². The zero-order chi connectivity index (χ0) is 38.2. The molecule has 0 amide bonds. The van der Waals surface area contributed by atoms with Crippen LogP contribution in [0, 0.1) is 0 Å². The van der Waals surface area contributed by atoms with Crippen LogP contribution in [0.25, 0.3) is 93.2 Å². The Labute approximate surface area is 330 Å². The first-order chi connectivity index (χ1) is 27.2. The molecule has 0 aliphatic carbocycles. The molecule has 0 aliphatic rings. The lowest BCUT2D eigenvalue weighted by Gasteiger charge is -2.37. The molecule has 3 nitrogen and oxygen atoms in total. The topological polar surface area (TPSA) is 38.1 Å². The Morgan fingerprint density at radius 1 is 0.446 bits per heavy atom. The first-order valence-corrected chi connectivity index (χ1v) is 19.5. The average molecular weight is 714 g/mol. The smallest absolute Gasteiger partial charge is 0.150 e. The van der Waals surface area contributed by atoms with Crippen molar-refractivity contribution in [3.8, 4) is 39.1 Å². The lowest BCUT2D eigenvalue weighted by Crippen LogP contribution is -2.44. The molecule has 1 atom stereocenters. The highest BCUT2D eigenvalue weighted by Gasteiger charge is 2.41. The first-order valence-electron chi connectivity index (χ1n) is 19.5. The molecule has 0 fully saturated rings. The van der Waals surface area contributed by atoms with Gasteiger partial charge >= 0.3 is 0 Å². The summed E-state index contributed by atoms with van der Waals surface area (Å²) in [5, 5.41) is 21.6. The average Bonchev–Trinajstić information content (AvgIpc) is 3.63. The Morgan fingerprint density at radius 3 is 1.61 bits per heavy atom. The van der Waals surface area contributed by atoms with Crippen molar-refractivity contribution >= 4 is 85.5 Å². The number of aliphatic hydroxyl groups is 1. The van der Waals surface area contributed by atoms with Crippen LogP contribution < -0.4 is 0 Å². The third-order valence-electron chi connectivity index (χ3n) is 12.1. The maximum absolute atomic E-state index is 12.1. The predicted molar refractivity (Wildman–Crippen MR) is 248 cm³/mol. The molecule has 1 aromatic heterocycles. The molecule has 10 rings (SSSR count). The minimum absolute atomic E-state index is 0.453. The van der Waals surface area contributed by atoms with E-state index in [0.29, 0.717) is 5.82 Å². The second kappa shape index (κ2) is 12.9. The van der Waals surface area contributed by atoms with Crippen LogP contribution in [-0.4, -0.2) is 46.0 Å². The number of fused-ring (bicyclic) bond motifs is 6. The van der Waals surface area contributed by atoms with Crippen molar-refractivity contribution in [2.75, 3.05) is 0 Å². The molecule has 1 heterocycles. The molecular weight excluding hydrogens is 676 g/mol. The third-order valence-corrected chi connectivity index (χ3v) is 12.1. The Hall–Kier alpha value is -6.29. The number of hydrogen-bond acceptors (Lipinski definition) is 2. The van der Waals surface area contributed by atoms with Crippen molar-refractivity contribution in [1.29, 1.82) is 0 Å². The molecule has 1 N–H and O–H groups in total. The summed E-state index contributed by atoms with van der Waals surface area (Å²) in [6.07, 6.45) is 0. The fourth-order valence-electron chi connectivity index (χ4n) is 8.65. The SMILES string of the molecule is BC(B)(B)C(B)(O)c1nc2ccccc2n1-c1ccccc1-c1ccc(-c2c3ccccc3c(-c3cc4ccccc4c4ccccc34)c3ccccc23)cc1. The van der Waals surface area contributed by atoms with Crippen LogP contribution in [0.5, 0.6) is 0 Å². The maximum atomic E-state index is 12.1. The summed E-state index contributed by atoms with van der Waals surface area (Å²) >= 11 is 0. The van der Waals surface area contributed by atoms with Gasteiger partial charge in [-0.1, -0.05) is 157 Å². The normalized spacial score (nSPS) is 13.2. The van der Waals surface area contributed by atoms with Crippen LogP contribution >= 0.6 is 0 Å². The van der Waals surface area contributed by atoms with Crippen LogP contribution in [-0.2, 0) is 5.50 Å². The summed E-state index contributed by atoms with van der Waals surface area (Å²) < 4.78 is 2.15. The summed E-state index contributed by atoms with van der Waals surface area (Å²) in [6, 6.07) is 63.3. The van der Waals surface area contributed by atoms with E-state index in [0.717, 1.165) is 33.4 Å². The van der Waals surface area contributed by atoms with E-state index in [4.69, 9.17) is 4.98 Å². The third kappa shape index (κ3) is 5.26. The number of para-hydroxylation sites is 3. The second-order valence-corrected chi connectivity index (χ2v) is 16.2. The quantitative estimate of drug-likeness (QED) is 0.107. The van der Waals surface area contributed by atoms with Crippen LogP contribution in [0.2, 0.25) is 5.11 Å². The summed E-state index contributed by atoms with van der Waals surface area (Å²) in [5.74, 6) is 0.632. The van der Waals surface area contributed by atoms with Gasteiger partial charge in [0.25, 0.3) is 0 Å². The van der Waals surface area contributed by atoms with E-state index in [9.17, 15) is 5.11 Å². The van der Waals surface area contributed by atoms with Crippen LogP contribution in [0.15, 0.2) is 176 Å². The zero-order valence-electron chi connectivity index (χ0n) is 32.1. The van der Waals surface area contributed by atoms with Gasteiger partial charge in [-0.3, -0.25) is 4.57 Å². The van der Waals surface area contributed by atoms with Gasteiger partial charge in [-0.05, 0) is 95.2 Å². The van der Waals surface area contributed by atoms with Gasteiger partial charge < -0.3 is 5.11 Å². The second-order valence-electron chi connectivity index (χ2n) is 16.2. The minimum atomic E-state index is -1.20. The van der Waals surface area contributed by atoms with Crippen molar-refractivity contribution in [3.63, 3.8) is 0 Å². The van der Waals surface area contributed by atoms with Crippen molar-refractivity contribution in [2.24, 2.45) is 0 Å². The molecule has 0 saturated heterocycles. The van der Waals surface area contributed by atoms with E-state index in [1.165, 1.54) is 59.8 Å². The molecule has 0 aliphatic heterocycles. The maximum Gasteiger partial charge on any atom is 0.150 e. The molecule has 9 aromatic carbocycles. The molecule has 10 aromatic rings. The number of nitrogens with zero attached hydrogens (tertiary/aromatic N) is 2. The fraction of sp³-hybridized carbons (Fsp3) is 0.0408. The lowest BCUT2D eigenvalue weighted by atomic mass is 9.32. The number of aromatic nitrogens is 2. The highest BCUT2D eigenvalue weighted by atomic mass is 16.3. The number of benzene rings is 9. The molecule has 0 radical (unpaired) electrons. The summed E-state index contributed by atoms with van der Waals surface area (Å²) in [6.45, 7) is 0. The Bertz CT molecular complexity index is 3110. The molecule has 0 bridgehead atoms. The number of imidazole rings is 1. The van der Waals surface area contributed by atoms with E-state index in [1.54, 1.807) is 0 Å². The monoisotopic (exact) mass is 714 g/mol. The Balaban J connectivity index is 1.17. The van der Waals surface area contributed by atoms with Gasteiger partial charge in [0.05, 0.1) is 45.8 Å². The molecular formula is C49H38B4N2O. The van der Waals surface area contributed by atoms with Crippen LogP contribution in [0.3, 0.4) is 0 Å². The Morgan fingerprint density at radius 2 is 0.946 bits per heavy atom. The van der Waals surface area contributed by atoms with Gasteiger partial charge in [0.15, 0.2) is 7.85 Å². The van der Waals surface area contributed by atoms with E-state index in [1.807, 2.05) is 26.0 Å². The molecule has 262 valence electrons. The highest BCUT2D eigenvalue weighted by Crippen LogP contribution is 2.47. The highest BCUT2D eigenvalue weighted by molar-refractivity contribution is 6.62. The van der Waals surface area contributed by atoms with E-state index in [2.05, 4.69) is 186 Å². The molecule has 56 heavy (non-hydrogen) atoms. The van der Waals surface area contributed by atoms with Crippen molar-refractivity contribution in [1.82, 2.24) is 9.55 Å². The van der Waals surface area contributed by atoms with Crippen molar-refractivity contribution < 1.29 is 5.11 Å². The number of hydrogen-bond donors (Lipinski definition) is 1. The fourth-order valence-corrected chi connectivity index (χ4v) is 8.65. The van der Waals surface area contributed by atoms with Crippen molar-refractivity contribution in [3.05, 3.63) is 182 Å². The minimum Gasteiger partial charge on any atom is -0.393 e. The van der Waals surface area contributed by atoms with E-state index < -0.39 is 10.6 Å². The molecule has 1 unspecified atom stereocenters. The van der Waals surface area contributed by atoms with Crippen LogP contribution in [0.1, 0.15) is 5.82 Å². The van der Waals surface area contributed by atoms with Gasteiger partial charge in [-0.2, -0.15) is 0 Å². The van der Waals surface area contributed by atoms with E-state index in [-0.39, 0.29) is 0 Å². The lowest BCUT2D eigenvalue weighted by molar-refractivity contribution is 0.118. The zero-order valence-corrected chi connectivity index (χ0v) is 32.1. The summed E-state index contributed by atoms with van der Waals surface area (Å²) in [4.78, 5) is 5.05. The summed E-state index contributed by atoms with van der Waals surface area (Å²) in [7, 11) is 8.06. The Kier molecular flexibility index (Phi) is 7.88. The van der Waals surface area contributed by atoms with Gasteiger partial charge in [0, 0.05) is 5.56 Å². The van der Waals surface area contributed by atoms with Crippen molar-refractivity contribution in [2.45, 2.75) is 10.6 Å². The number of rotatable bonds is 6. The molecule has 0 spiro atoms. The van der Waals surface area contributed by atoms with Crippen LogP contribution in [0.4, 0.5) is 0 Å². The summed E-state index contributed by atoms with van der Waals surface area (Å²) in [5.41, 5.74) is 8.69. The standard InChI is InChI=1S/C49H38B4N2O/c50-48(56,49(51,52)53)47-54-42-22-10-12-24-44(42)55(47)43-23-11-9-15-34(43)30-25-27-31(28-26-30)45-37-18-5-7-20-39(37)46(40-21-8-6-19-38(40)45)41-29-32-13-1-2-14-33(32)35-16-3-4-17-36(35)41/h1-29,56H,50-53H2. The largest absolute Gasteiger partial charge is 0.393 e. The van der Waals surface area contributed by atoms with Gasteiger partial charge in [-0.15, -0.1) is 0 Å². The predicted octanol–water partition coefficient (Wildman–Crippen LogP) is 8.39. The first kappa shape index (κ1) is 34.2. The van der Waals surface area contributed by atoms with Gasteiger partial charge in [0.1, 0.15) is 5.82 Å². The van der Waals surface area contributed by atoms with Gasteiger partial charge in [0.2, 0.25) is 0 Å².